The number of piperidine rings is 1. The summed E-state index contributed by atoms with van der Waals surface area (Å²) in [6.07, 6.45) is 5.13. The van der Waals surface area contributed by atoms with E-state index in [1.807, 2.05) is 0 Å². The lowest BCUT2D eigenvalue weighted by molar-refractivity contribution is -0.146. The zero-order chi connectivity index (χ0) is 41.1. The second-order valence-electron chi connectivity index (χ2n) is 13.8. The van der Waals surface area contributed by atoms with Crippen LogP contribution in [0, 0.1) is 16.2 Å². The van der Waals surface area contributed by atoms with Crippen molar-refractivity contribution >= 4 is 53.3 Å². The average molecular weight is 776 g/mol. The predicted octanol–water partition coefficient (Wildman–Crippen LogP) is -3.79. The number of amides is 7. The molecule has 4 atom stereocenters. The molecule has 0 saturated carbocycles. The van der Waals surface area contributed by atoms with Gasteiger partial charge < -0.3 is 64.7 Å². The van der Waals surface area contributed by atoms with Gasteiger partial charge in [0.05, 0.1) is 6.33 Å². The minimum absolute atomic E-state index is 0.0173. The Morgan fingerprint density at radius 3 is 2.04 bits per heavy atom. The first-order valence-electron chi connectivity index (χ1n) is 18.1. The molecule has 55 heavy (non-hydrogen) atoms. The van der Waals surface area contributed by atoms with Crippen LogP contribution < -0.4 is 54.8 Å². The highest BCUT2D eigenvalue weighted by Gasteiger charge is 2.40. The molecular formula is C33H57N15O7. The minimum Gasteiger partial charge on any atom is -0.370 e. The number of aromatic nitrogens is 2. The molecule has 1 aromatic rings. The molecule has 1 aromatic heterocycles. The zero-order valence-electron chi connectivity index (χ0n) is 31.4. The van der Waals surface area contributed by atoms with E-state index in [4.69, 9.17) is 33.8 Å². The number of nitrogens with two attached hydrogens (primary N) is 4. The summed E-state index contributed by atoms with van der Waals surface area (Å²) in [7, 11) is 0. The molecule has 22 nitrogen and oxygen atoms in total. The van der Waals surface area contributed by atoms with Crippen molar-refractivity contribution in [2.45, 2.75) is 102 Å². The molecule has 1 aliphatic heterocycles. The van der Waals surface area contributed by atoms with Crippen molar-refractivity contribution in [2.24, 2.45) is 28.3 Å². The lowest BCUT2D eigenvalue weighted by Gasteiger charge is -2.38. The Morgan fingerprint density at radius 2 is 1.47 bits per heavy atom. The topological polar surface area (TPSA) is 375 Å². The predicted molar refractivity (Wildman–Crippen MR) is 200 cm³/mol. The van der Waals surface area contributed by atoms with Gasteiger partial charge in [-0.3, -0.25) is 44.4 Å². The average Bonchev–Trinajstić information content (AvgIpc) is 3.65. The molecule has 0 aromatic carbocycles. The van der Waals surface area contributed by atoms with E-state index >= 15 is 0 Å². The van der Waals surface area contributed by atoms with Gasteiger partial charge in [-0.1, -0.05) is 0 Å². The molecule has 2 heterocycles. The van der Waals surface area contributed by atoms with Crippen molar-refractivity contribution in [3.05, 3.63) is 18.2 Å². The highest BCUT2D eigenvalue weighted by molar-refractivity contribution is 6.05. The molecule has 2 rings (SSSR count). The number of rotatable bonds is 23. The fourth-order valence-electron chi connectivity index (χ4n) is 5.76. The second kappa shape index (κ2) is 22.3. The van der Waals surface area contributed by atoms with Crippen LogP contribution in [-0.2, 0) is 40.0 Å². The van der Waals surface area contributed by atoms with Gasteiger partial charge in [-0.25, -0.2) is 4.98 Å². The number of carbonyl (C=O) groups excluding carboxylic acids is 7. The SMILES string of the molecule is CC(C)(C(=O)NCCc1cnc[nH]1)C(=O)N[C@@H](CCC(N)=O)C(=O)N[C@@H](CCCNC(=N)N)C(=O)N1CCCC[C@H]1C(=O)N[C@H](CCCNC(=N)N)C(N)=O. The molecule has 0 unspecified atom stereocenters. The third-order valence-electron chi connectivity index (χ3n) is 9.00. The Morgan fingerprint density at radius 1 is 0.836 bits per heavy atom. The summed E-state index contributed by atoms with van der Waals surface area (Å²) in [6.45, 7) is 3.54. The smallest absolute Gasteiger partial charge is 0.245 e. The molecule has 0 radical (unpaired) electrons. The van der Waals surface area contributed by atoms with Crippen molar-refractivity contribution in [2.75, 3.05) is 26.2 Å². The van der Waals surface area contributed by atoms with Crippen molar-refractivity contribution in [1.82, 2.24) is 46.8 Å². The van der Waals surface area contributed by atoms with Gasteiger partial charge in [-0.2, -0.15) is 0 Å². The first kappa shape index (κ1) is 45.2. The summed E-state index contributed by atoms with van der Waals surface area (Å²) in [5.41, 5.74) is 20.7. The zero-order valence-corrected chi connectivity index (χ0v) is 31.4. The summed E-state index contributed by atoms with van der Waals surface area (Å²) in [4.78, 5) is 100. The van der Waals surface area contributed by atoms with Gasteiger partial charge in [0, 0.05) is 50.9 Å². The molecular weight excluding hydrogens is 718 g/mol. The Balaban J connectivity index is 2.26. The van der Waals surface area contributed by atoms with Gasteiger partial charge in [-0.15, -0.1) is 0 Å². The molecule has 22 heteroatoms. The van der Waals surface area contributed by atoms with Crippen LogP contribution in [0.3, 0.4) is 0 Å². The Labute approximate surface area is 319 Å². The van der Waals surface area contributed by atoms with Crippen molar-refractivity contribution in [3.63, 3.8) is 0 Å². The first-order valence-corrected chi connectivity index (χ1v) is 18.1. The molecule has 0 spiro atoms. The van der Waals surface area contributed by atoms with Crippen LogP contribution in [0.25, 0.3) is 0 Å². The van der Waals surface area contributed by atoms with Gasteiger partial charge in [0.2, 0.25) is 41.4 Å². The number of carbonyl (C=O) groups is 7. The molecule has 0 bridgehead atoms. The monoisotopic (exact) mass is 775 g/mol. The number of H-pyrrole nitrogens is 1. The number of nitrogens with zero attached hydrogens (tertiary/aromatic N) is 2. The van der Waals surface area contributed by atoms with Gasteiger partial charge in [-0.05, 0) is 65.2 Å². The van der Waals surface area contributed by atoms with Crippen LogP contribution in [0.5, 0.6) is 0 Å². The van der Waals surface area contributed by atoms with E-state index in [1.54, 1.807) is 6.20 Å². The number of likely N-dealkylation sites (tertiary alicyclic amines) is 1. The van der Waals surface area contributed by atoms with Crippen LogP contribution in [-0.4, -0.2) is 118 Å². The first-order chi connectivity index (χ1) is 25.9. The fraction of sp³-hybridized carbons (Fsp3) is 0.636. The number of aromatic amines is 1. The normalized spacial score (nSPS) is 15.7. The lowest BCUT2D eigenvalue weighted by Crippen LogP contribution is -2.61. The third kappa shape index (κ3) is 15.5. The number of guanidine groups is 2. The van der Waals surface area contributed by atoms with E-state index in [-0.39, 0.29) is 76.6 Å². The van der Waals surface area contributed by atoms with E-state index in [1.165, 1.54) is 25.1 Å². The maximum atomic E-state index is 14.2. The van der Waals surface area contributed by atoms with E-state index in [9.17, 15) is 33.6 Å². The van der Waals surface area contributed by atoms with E-state index in [0.29, 0.717) is 25.7 Å². The molecule has 7 amide bonds. The molecule has 1 saturated heterocycles. The fourth-order valence-corrected chi connectivity index (χ4v) is 5.76. The lowest BCUT2D eigenvalue weighted by atomic mass is 9.90. The summed E-state index contributed by atoms with van der Waals surface area (Å²) in [5, 5.41) is 30.5. The maximum absolute atomic E-state index is 14.2. The Bertz CT molecular complexity index is 1520. The highest BCUT2D eigenvalue weighted by atomic mass is 16.2. The van der Waals surface area contributed by atoms with Gasteiger partial charge in [0.1, 0.15) is 29.6 Å². The number of imidazole rings is 1. The Hall–Kier alpha value is -5.96. The van der Waals surface area contributed by atoms with Gasteiger partial charge in [0.25, 0.3) is 0 Å². The van der Waals surface area contributed by atoms with Gasteiger partial charge in [0.15, 0.2) is 11.9 Å². The maximum Gasteiger partial charge on any atom is 0.245 e. The molecule has 1 aliphatic rings. The number of nitrogens with one attached hydrogen (secondary N) is 9. The van der Waals surface area contributed by atoms with Crippen molar-refractivity contribution in [1.29, 1.82) is 10.8 Å². The van der Waals surface area contributed by atoms with Crippen LogP contribution in [0.15, 0.2) is 12.5 Å². The highest BCUT2D eigenvalue weighted by Crippen LogP contribution is 2.21. The van der Waals surface area contributed by atoms with E-state index in [2.05, 4.69) is 41.9 Å². The molecule has 306 valence electrons. The molecule has 17 N–H and O–H groups in total. The summed E-state index contributed by atoms with van der Waals surface area (Å²) >= 11 is 0. The summed E-state index contributed by atoms with van der Waals surface area (Å²) in [6, 6.07) is -4.71. The van der Waals surface area contributed by atoms with E-state index in [0.717, 1.165) is 5.69 Å². The van der Waals surface area contributed by atoms with Crippen LogP contribution in [0.4, 0.5) is 0 Å². The number of hydrogen-bond donors (Lipinski definition) is 13. The minimum atomic E-state index is -1.66. The summed E-state index contributed by atoms with van der Waals surface area (Å²) < 4.78 is 0. The number of hydrogen-bond acceptors (Lipinski definition) is 10. The quantitative estimate of drug-likeness (QED) is 0.0220. The molecule has 0 aliphatic carbocycles. The van der Waals surface area contributed by atoms with Crippen LogP contribution in [0.2, 0.25) is 0 Å². The van der Waals surface area contributed by atoms with Crippen LogP contribution >= 0.6 is 0 Å². The standard InChI is InChI=1S/C33H57N15O7/c1-33(2,29(54)41-15-12-19-17-40-18-44-19)30(55)47-21(10-11-24(34)49)26(51)46-22(8-6-14-43-32(38)39)28(53)48-16-4-3-9-23(48)27(52)45-20(25(35)50)7-5-13-42-31(36)37/h17-18,20-23H,3-16H2,1-2H3,(H2,34,49)(H2,35,50)(H,40,44)(H,41,54)(H,45,52)(H,46,51)(H,47,55)(H4,36,37,42)(H4,38,39,43)/t20-,21+,22+,23+/m1/s1. The van der Waals surface area contributed by atoms with E-state index < -0.39 is 70.9 Å². The Kier molecular flexibility index (Phi) is 18.3. The summed E-state index contributed by atoms with van der Waals surface area (Å²) in [5.74, 6) is -5.60. The van der Waals surface area contributed by atoms with Gasteiger partial charge >= 0.3 is 0 Å². The largest absolute Gasteiger partial charge is 0.370 e. The third-order valence-corrected chi connectivity index (χ3v) is 9.00. The second-order valence-corrected chi connectivity index (χ2v) is 13.8. The number of primary amides is 2. The van der Waals surface area contributed by atoms with Crippen LogP contribution in [0.1, 0.15) is 77.3 Å². The molecule has 1 fully saturated rings. The van der Waals surface area contributed by atoms with Crippen molar-refractivity contribution in [3.8, 4) is 0 Å². The van der Waals surface area contributed by atoms with Crippen molar-refractivity contribution < 1.29 is 33.6 Å².